The van der Waals surface area contributed by atoms with Crippen molar-refractivity contribution >= 4 is 41.8 Å². The summed E-state index contributed by atoms with van der Waals surface area (Å²) >= 11 is 0. The lowest BCUT2D eigenvalue weighted by molar-refractivity contribution is -0.385. The minimum absolute atomic E-state index is 0.0311. The van der Waals surface area contributed by atoms with Crippen molar-refractivity contribution in [3.63, 3.8) is 0 Å². The Bertz CT molecular complexity index is 2040. The molecule has 318 valence electrons. The molecule has 13 atom stereocenters. The van der Waals surface area contributed by atoms with Gasteiger partial charge < -0.3 is 48.1 Å². The summed E-state index contributed by atoms with van der Waals surface area (Å²) in [5, 5.41) is 26.3. The van der Waals surface area contributed by atoms with Crippen LogP contribution in [0, 0.1) is 17.3 Å². The van der Waals surface area contributed by atoms with Gasteiger partial charge in [0.1, 0.15) is 41.5 Å². The molecule has 1 unspecified atom stereocenters. The van der Waals surface area contributed by atoms with Gasteiger partial charge in [-0.05, 0) is 38.1 Å². The fourth-order valence-electron chi connectivity index (χ4n) is 9.54. The molecule has 1 spiro atoms. The number of pyridine rings is 1. The predicted octanol–water partition coefficient (Wildman–Crippen LogP) is 1.76. The fourth-order valence-corrected chi connectivity index (χ4v) is 9.54. The maximum Gasteiger partial charge on any atom is 0.340 e. The van der Waals surface area contributed by atoms with E-state index in [4.69, 9.17) is 37.9 Å². The van der Waals surface area contributed by atoms with Crippen LogP contribution >= 0.6 is 0 Å². The highest BCUT2D eigenvalue weighted by Gasteiger charge is 2.91. The molecule has 2 N–H and O–H groups in total. The second-order valence-electron chi connectivity index (χ2n) is 15.9. The number of aromatic nitrogens is 1. The van der Waals surface area contributed by atoms with Gasteiger partial charge in [-0.15, -0.1) is 0 Å². The molecule has 4 bridgehead atoms. The number of nitrogens with zero attached hydrogens (tertiary/aromatic N) is 1. The van der Waals surface area contributed by atoms with Gasteiger partial charge in [-0.2, -0.15) is 0 Å². The summed E-state index contributed by atoms with van der Waals surface area (Å²) in [4.78, 5) is 99.4. The first-order valence-corrected chi connectivity index (χ1v) is 19.0. The molecule has 2 aromatic rings. The Morgan fingerprint density at radius 3 is 2.03 bits per heavy atom. The van der Waals surface area contributed by atoms with Gasteiger partial charge in [0.05, 0.1) is 34.8 Å². The van der Waals surface area contributed by atoms with Crippen LogP contribution in [0.1, 0.15) is 87.7 Å². The Morgan fingerprint density at radius 1 is 0.814 bits per heavy atom. The van der Waals surface area contributed by atoms with Crippen molar-refractivity contribution < 1.29 is 81.7 Å². The van der Waals surface area contributed by atoms with Gasteiger partial charge in [0, 0.05) is 39.8 Å². The largest absolute Gasteiger partial charge is 0.465 e. The standard InChI is InChI=1S/C41H47NO17/c1-19-20(2)35(48)57-32-30(55-23(5)45)34(58-36(49)25-13-10-9-11-14-25)40(18-52-21(3)43)33(56-24(6)46)29(54-22(4)44)27-31(47)41(40,39(32,8)51)59-38(27,7)17-53-37(50)26-15-12-16-42-28(19)26/h9-16,19-20,27,29-34,47,51H,17-18H2,1-8H3/t19-,20+,27-,29+,30?,31+,32-,33+,34-,38+,39-,40+,41-/m0/s1. The molecule has 18 heteroatoms. The maximum absolute atomic E-state index is 14.4. The number of cyclic esters (lactones) is 1. The van der Waals surface area contributed by atoms with E-state index in [1.54, 1.807) is 13.0 Å². The van der Waals surface area contributed by atoms with E-state index in [0.717, 1.165) is 34.6 Å². The molecule has 3 fully saturated rings. The van der Waals surface area contributed by atoms with Crippen molar-refractivity contribution in [1.82, 2.24) is 4.98 Å². The summed E-state index contributed by atoms with van der Waals surface area (Å²) in [5.74, 6) is -10.7. The summed E-state index contributed by atoms with van der Waals surface area (Å²) in [7, 11) is 0. The molecule has 2 aliphatic heterocycles. The number of rotatable bonds is 7. The minimum atomic E-state index is -2.82. The summed E-state index contributed by atoms with van der Waals surface area (Å²) in [6, 6.07) is 10.3. The van der Waals surface area contributed by atoms with E-state index in [1.807, 2.05) is 0 Å². The average Bonchev–Trinajstić information content (AvgIpc) is 3.37. The molecule has 2 saturated carbocycles. The topological polar surface area (TPSA) is 247 Å². The summed E-state index contributed by atoms with van der Waals surface area (Å²) < 4.78 is 48.6. The van der Waals surface area contributed by atoms with Gasteiger partial charge in [0.15, 0.2) is 24.4 Å². The SMILES string of the molecule is CC(=O)OC[C@]12[C@H](OC(C)=O)[C@H](OC(C)=O)[C@H]3[C@@H](O)[C@@]14O[C@]3(C)COC(=O)c1cccnc1[C@@H](C)[C@@H](C)C(=O)O[C@@H](C(OC(C)=O)[C@@H]2OC(=O)c1ccccc1)[C@]4(C)O. The van der Waals surface area contributed by atoms with E-state index >= 15 is 0 Å². The number of aliphatic hydroxyl groups excluding tert-OH is 1. The molecule has 3 heterocycles. The van der Waals surface area contributed by atoms with Gasteiger partial charge in [0.2, 0.25) is 0 Å². The van der Waals surface area contributed by atoms with Crippen molar-refractivity contribution in [1.29, 1.82) is 0 Å². The number of ether oxygens (including phenoxy) is 8. The van der Waals surface area contributed by atoms with Crippen molar-refractivity contribution in [2.24, 2.45) is 17.3 Å². The first kappa shape index (κ1) is 43.1. The number of aliphatic hydroxyl groups is 2. The Labute approximate surface area is 338 Å². The van der Waals surface area contributed by atoms with E-state index in [9.17, 15) is 43.8 Å². The molecule has 0 amide bonds. The highest BCUT2D eigenvalue weighted by molar-refractivity contribution is 5.91. The quantitative estimate of drug-likeness (QED) is 0.298. The van der Waals surface area contributed by atoms with Crippen LogP contribution < -0.4 is 0 Å². The van der Waals surface area contributed by atoms with Crippen molar-refractivity contribution in [3.05, 3.63) is 65.5 Å². The van der Waals surface area contributed by atoms with Gasteiger partial charge in [-0.1, -0.05) is 32.0 Å². The smallest absolute Gasteiger partial charge is 0.340 e. The summed E-state index contributed by atoms with van der Waals surface area (Å²) in [6.07, 6.45) is -10.8. The highest BCUT2D eigenvalue weighted by Crippen LogP contribution is 2.69. The van der Waals surface area contributed by atoms with Crippen LogP contribution in [0.2, 0.25) is 0 Å². The third kappa shape index (κ3) is 6.89. The third-order valence-corrected chi connectivity index (χ3v) is 12.1. The summed E-state index contributed by atoms with van der Waals surface area (Å²) in [6.45, 7) is 7.76. The number of esters is 7. The fraction of sp³-hybridized carbons (Fsp3) is 0.561. The van der Waals surface area contributed by atoms with Crippen molar-refractivity contribution in [2.75, 3.05) is 13.2 Å². The number of carbonyl (C=O) groups is 7. The van der Waals surface area contributed by atoms with Crippen molar-refractivity contribution in [3.8, 4) is 0 Å². The molecule has 59 heavy (non-hydrogen) atoms. The maximum atomic E-state index is 14.4. The lowest BCUT2D eigenvalue weighted by Crippen LogP contribution is -2.89. The normalized spacial score (nSPS) is 37.4. The Hall–Kier alpha value is -5.46. The summed E-state index contributed by atoms with van der Waals surface area (Å²) in [5.41, 5.74) is -10.2. The Morgan fingerprint density at radius 2 is 1.42 bits per heavy atom. The Kier molecular flexibility index (Phi) is 11.4. The van der Waals surface area contributed by atoms with Crippen LogP contribution in [0.4, 0.5) is 0 Å². The van der Waals surface area contributed by atoms with Crippen LogP contribution in [0.5, 0.6) is 0 Å². The molecule has 1 aromatic heterocycles. The van der Waals surface area contributed by atoms with E-state index < -0.39 is 132 Å². The minimum Gasteiger partial charge on any atom is -0.465 e. The van der Waals surface area contributed by atoms with Crippen LogP contribution in [-0.4, -0.2) is 124 Å². The zero-order chi connectivity index (χ0) is 43.4. The Balaban J connectivity index is 1.75. The molecule has 1 saturated heterocycles. The number of fused-ring (bicyclic) bond motifs is 5. The zero-order valence-electron chi connectivity index (χ0n) is 33.7. The van der Waals surface area contributed by atoms with E-state index in [-0.39, 0.29) is 16.8 Å². The predicted molar refractivity (Wildman–Crippen MR) is 196 cm³/mol. The highest BCUT2D eigenvalue weighted by atomic mass is 16.7. The average molecular weight is 826 g/mol. The molecule has 1 aromatic carbocycles. The first-order valence-electron chi connectivity index (χ1n) is 19.0. The molecular weight excluding hydrogens is 778 g/mol. The van der Waals surface area contributed by atoms with Gasteiger partial charge in [-0.3, -0.25) is 29.0 Å². The van der Waals surface area contributed by atoms with Crippen LogP contribution in [-0.2, 0) is 61.9 Å². The van der Waals surface area contributed by atoms with Crippen molar-refractivity contribution in [2.45, 2.75) is 115 Å². The first-order chi connectivity index (χ1) is 27.6. The lowest BCUT2D eigenvalue weighted by Gasteiger charge is -2.67. The van der Waals surface area contributed by atoms with Gasteiger partial charge >= 0.3 is 41.8 Å². The van der Waals surface area contributed by atoms with Gasteiger partial charge in [0.25, 0.3) is 0 Å². The number of benzene rings is 1. The van der Waals surface area contributed by atoms with Crippen LogP contribution in [0.25, 0.3) is 0 Å². The van der Waals surface area contributed by atoms with Crippen LogP contribution in [0.3, 0.4) is 0 Å². The zero-order valence-corrected chi connectivity index (χ0v) is 33.7. The molecule has 2 aliphatic carbocycles. The molecule has 18 nitrogen and oxygen atoms in total. The van der Waals surface area contributed by atoms with E-state index in [0.29, 0.717) is 0 Å². The molecule has 6 rings (SSSR count). The monoisotopic (exact) mass is 825 g/mol. The van der Waals surface area contributed by atoms with Gasteiger partial charge in [-0.25, -0.2) is 9.59 Å². The second-order valence-corrected chi connectivity index (χ2v) is 15.9. The third-order valence-electron chi connectivity index (χ3n) is 12.1. The molecular formula is C41H47NO17. The molecule has 4 aliphatic rings. The number of hydrogen-bond acceptors (Lipinski definition) is 18. The lowest BCUT2D eigenvalue weighted by atomic mass is 9.45. The molecule has 0 radical (unpaired) electrons. The van der Waals surface area contributed by atoms with E-state index in [2.05, 4.69) is 4.98 Å². The second kappa shape index (κ2) is 15.6. The van der Waals surface area contributed by atoms with Crippen LogP contribution in [0.15, 0.2) is 48.7 Å². The van der Waals surface area contributed by atoms with E-state index in [1.165, 1.54) is 56.4 Å². The number of hydrogen-bond donors (Lipinski definition) is 2. The number of carbonyl (C=O) groups excluding carboxylic acids is 7.